The lowest BCUT2D eigenvalue weighted by Crippen LogP contribution is -2.48. The second-order valence-corrected chi connectivity index (χ2v) is 9.20. The summed E-state index contributed by atoms with van der Waals surface area (Å²) in [6.45, 7) is 3.79. The summed E-state index contributed by atoms with van der Waals surface area (Å²) in [7, 11) is 1.69. The number of methoxy groups -OCH3 is 1. The van der Waals surface area contributed by atoms with Gasteiger partial charge in [0.15, 0.2) is 5.76 Å². The van der Waals surface area contributed by atoms with E-state index < -0.39 is 0 Å². The minimum atomic E-state index is -0.298. The van der Waals surface area contributed by atoms with E-state index in [1.807, 2.05) is 24.0 Å². The average Bonchev–Trinajstić information content (AvgIpc) is 3.54. The maximum absolute atomic E-state index is 12.8. The Morgan fingerprint density at radius 2 is 2.00 bits per heavy atom. The molecule has 0 saturated carbocycles. The Labute approximate surface area is 186 Å². The van der Waals surface area contributed by atoms with Crippen molar-refractivity contribution in [2.45, 2.75) is 37.3 Å². The molecule has 0 aliphatic carbocycles. The van der Waals surface area contributed by atoms with Crippen molar-refractivity contribution in [2.75, 3.05) is 32.1 Å². The number of aromatic nitrogens is 1. The lowest BCUT2D eigenvalue weighted by molar-refractivity contribution is -0.0396. The number of nitrogens with one attached hydrogen (secondary N) is 1. The van der Waals surface area contributed by atoms with Gasteiger partial charge in [-0.1, -0.05) is 0 Å². The van der Waals surface area contributed by atoms with Crippen molar-refractivity contribution in [3.8, 4) is 11.4 Å². The normalized spacial score (nSPS) is 23.1. The third-order valence-corrected chi connectivity index (χ3v) is 7.24. The van der Waals surface area contributed by atoms with Gasteiger partial charge in [0.2, 0.25) is 0 Å². The van der Waals surface area contributed by atoms with Gasteiger partial charge in [-0.15, -0.1) is 0 Å². The molecular weight excluding hydrogens is 406 g/mol. The fraction of sp³-hybridized carbons (Fsp3) is 0.400. The van der Waals surface area contributed by atoms with Gasteiger partial charge in [0.05, 0.1) is 36.4 Å². The molecule has 3 aliphatic rings. The first-order valence-electron chi connectivity index (χ1n) is 11.2. The van der Waals surface area contributed by atoms with Crippen molar-refractivity contribution < 1.29 is 18.7 Å². The van der Waals surface area contributed by atoms with E-state index in [1.165, 1.54) is 5.69 Å². The van der Waals surface area contributed by atoms with Crippen molar-refractivity contribution in [2.24, 2.45) is 0 Å². The van der Waals surface area contributed by atoms with Crippen LogP contribution in [0.2, 0.25) is 0 Å². The summed E-state index contributed by atoms with van der Waals surface area (Å²) in [6, 6.07) is 14.0. The third-order valence-electron chi connectivity index (χ3n) is 7.24. The maximum Gasteiger partial charge on any atom is 0.289 e. The van der Waals surface area contributed by atoms with Crippen LogP contribution < -0.4 is 10.1 Å². The van der Waals surface area contributed by atoms with Gasteiger partial charge in [-0.3, -0.25) is 4.79 Å². The molecule has 0 bridgehead atoms. The molecule has 2 fully saturated rings. The summed E-state index contributed by atoms with van der Waals surface area (Å²) >= 11 is 0. The molecule has 3 aromatic rings. The van der Waals surface area contributed by atoms with Crippen LogP contribution in [0, 0.1) is 6.92 Å². The number of benzene rings is 1. The predicted octanol–water partition coefficient (Wildman–Crippen LogP) is 4.10. The third kappa shape index (κ3) is 2.88. The van der Waals surface area contributed by atoms with Gasteiger partial charge >= 0.3 is 0 Å². The topological polar surface area (TPSA) is 68.9 Å². The molecule has 1 amide bonds. The number of hydrogen-bond donors (Lipinski definition) is 1. The molecule has 0 radical (unpaired) electrons. The Kier molecular flexibility index (Phi) is 4.21. The molecular formula is C25H27N3O4. The fourth-order valence-corrected chi connectivity index (χ4v) is 5.57. The number of ether oxygens (including phenoxy) is 2. The van der Waals surface area contributed by atoms with Gasteiger partial charge in [0, 0.05) is 31.8 Å². The lowest BCUT2D eigenvalue weighted by Gasteiger charge is -2.41. The quantitative estimate of drug-likeness (QED) is 0.659. The molecule has 2 saturated heterocycles. The first-order valence-corrected chi connectivity index (χ1v) is 11.2. The molecule has 3 aliphatic heterocycles. The molecule has 6 rings (SSSR count). The second-order valence-electron chi connectivity index (χ2n) is 9.20. The summed E-state index contributed by atoms with van der Waals surface area (Å²) in [6.07, 6.45) is 4.60. The van der Waals surface area contributed by atoms with Crippen molar-refractivity contribution >= 4 is 11.6 Å². The number of furan rings is 1. The smallest absolute Gasteiger partial charge is 0.289 e. The zero-order valence-electron chi connectivity index (χ0n) is 18.4. The summed E-state index contributed by atoms with van der Waals surface area (Å²) in [4.78, 5) is 14.7. The molecule has 1 atom stereocenters. The Balaban J connectivity index is 1.24. The second kappa shape index (κ2) is 6.90. The minimum absolute atomic E-state index is 0.0358. The van der Waals surface area contributed by atoms with Crippen molar-refractivity contribution in [3.63, 3.8) is 0 Å². The van der Waals surface area contributed by atoms with Crippen LogP contribution in [-0.4, -0.2) is 47.8 Å². The van der Waals surface area contributed by atoms with Gasteiger partial charge in [-0.2, -0.15) is 0 Å². The first kappa shape index (κ1) is 19.5. The van der Waals surface area contributed by atoms with E-state index in [1.54, 1.807) is 13.2 Å². The highest BCUT2D eigenvalue weighted by Gasteiger charge is 2.54. The van der Waals surface area contributed by atoms with Gasteiger partial charge in [-0.25, -0.2) is 0 Å². The Morgan fingerprint density at radius 3 is 2.75 bits per heavy atom. The van der Waals surface area contributed by atoms with E-state index in [9.17, 15) is 4.79 Å². The lowest BCUT2D eigenvalue weighted by atomic mass is 9.79. The Bertz CT molecular complexity index is 1190. The standard InChI is InChI=1S/C25H27N3O4/c1-17-5-8-21(32-17)23(29)27-12-9-24(10-13-27)15-25(16-31-24)22-4-3-11-28(22)20-7-6-18(30-2)14-19(20)26-25/h3-8,11,14,26H,9-10,12-13,15-16H2,1-2H3. The zero-order chi connectivity index (χ0) is 21.9. The number of rotatable bonds is 2. The monoisotopic (exact) mass is 433 g/mol. The van der Waals surface area contributed by atoms with E-state index in [2.05, 4.69) is 40.3 Å². The number of likely N-dealkylation sites (tertiary alicyclic amines) is 1. The summed E-state index contributed by atoms with van der Waals surface area (Å²) < 4.78 is 19.8. The van der Waals surface area contributed by atoms with Crippen LogP contribution in [0.3, 0.4) is 0 Å². The fourth-order valence-electron chi connectivity index (χ4n) is 5.57. The molecule has 2 spiro atoms. The van der Waals surface area contributed by atoms with Gasteiger partial charge < -0.3 is 28.7 Å². The molecule has 1 unspecified atom stereocenters. The number of nitrogens with zero attached hydrogens (tertiary/aromatic N) is 2. The molecule has 5 heterocycles. The summed E-state index contributed by atoms with van der Waals surface area (Å²) in [5.74, 6) is 1.97. The molecule has 7 nitrogen and oxygen atoms in total. The highest BCUT2D eigenvalue weighted by atomic mass is 16.5. The molecule has 32 heavy (non-hydrogen) atoms. The van der Waals surface area contributed by atoms with E-state index in [0.29, 0.717) is 25.5 Å². The average molecular weight is 434 g/mol. The Morgan fingerprint density at radius 1 is 1.16 bits per heavy atom. The van der Waals surface area contributed by atoms with Crippen LogP contribution in [0.1, 0.15) is 41.3 Å². The van der Waals surface area contributed by atoms with E-state index >= 15 is 0 Å². The maximum atomic E-state index is 12.8. The highest BCUT2D eigenvalue weighted by molar-refractivity contribution is 5.91. The van der Waals surface area contributed by atoms with E-state index in [0.717, 1.165) is 42.1 Å². The van der Waals surface area contributed by atoms with E-state index in [4.69, 9.17) is 13.9 Å². The number of hydrogen-bond acceptors (Lipinski definition) is 5. The van der Waals surface area contributed by atoms with Gasteiger partial charge in [0.1, 0.15) is 17.0 Å². The Hall–Kier alpha value is -3.19. The highest BCUT2D eigenvalue weighted by Crippen LogP contribution is 2.50. The SMILES string of the molecule is COc1ccc2c(c1)NC1(COC3(CCN(C(=O)c4ccc(C)o4)CC3)C1)c1cccn1-2. The number of fused-ring (bicyclic) bond motifs is 4. The van der Waals surface area contributed by atoms with Crippen LogP contribution in [0.4, 0.5) is 5.69 Å². The first-order chi connectivity index (χ1) is 15.5. The van der Waals surface area contributed by atoms with Gasteiger partial charge in [0.25, 0.3) is 5.91 Å². The van der Waals surface area contributed by atoms with Crippen LogP contribution in [0.15, 0.2) is 53.1 Å². The number of anilines is 1. The molecule has 7 heteroatoms. The van der Waals surface area contributed by atoms with Crippen molar-refractivity contribution in [1.29, 1.82) is 0 Å². The van der Waals surface area contributed by atoms with Crippen LogP contribution in [0.5, 0.6) is 5.75 Å². The minimum Gasteiger partial charge on any atom is -0.497 e. The number of piperidine rings is 1. The number of amides is 1. The number of aryl methyl sites for hydroxylation is 1. The molecule has 2 aromatic heterocycles. The van der Waals surface area contributed by atoms with Crippen molar-refractivity contribution in [3.05, 3.63) is 65.9 Å². The number of carbonyl (C=O) groups excluding carboxylic acids is 1. The molecule has 1 aromatic carbocycles. The largest absolute Gasteiger partial charge is 0.497 e. The van der Waals surface area contributed by atoms with Crippen molar-refractivity contribution in [1.82, 2.24) is 9.47 Å². The molecule has 166 valence electrons. The van der Waals surface area contributed by atoms with Crippen LogP contribution in [-0.2, 0) is 10.3 Å². The van der Waals surface area contributed by atoms with Gasteiger partial charge in [-0.05, 0) is 56.2 Å². The predicted molar refractivity (Wildman–Crippen MR) is 120 cm³/mol. The summed E-state index contributed by atoms with van der Waals surface area (Å²) in [5.41, 5.74) is 2.85. The number of carbonyl (C=O) groups is 1. The van der Waals surface area contributed by atoms with Crippen LogP contribution in [0.25, 0.3) is 5.69 Å². The van der Waals surface area contributed by atoms with Crippen LogP contribution >= 0.6 is 0 Å². The van der Waals surface area contributed by atoms with E-state index in [-0.39, 0.29) is 17.0 Å². The molecule has 1 N–H and O–H groups in total. The summed E-state index contributed by atoms with van der Waals surface area (Å²) in [5, 5.41) is 3.80. The zero-order valence-corrected chi connectivity index (χ0v) is 18.4.